The maximum Gasteiger partial charge on any atom is 0.260 e. The molecule has 0 bridgehead atoms. The number of nitrogens with zero attached hydrogens (tertiary/aromatic N) is 1. The van der Waals surface area contributed by atoms with Crippen molar-refractivity contribution in [3.8, 4) is 5.75 Å². The Bertz CT molecular complexity index is 522. The number of rotatable bonds is 6. The third-order valence-electron chi connectivity index (χ3n) is 4.06. The first-order valence-electron chi connectivity index (χ1n) is 7.76. The minimum atomic E-state index is -0.0108. The molecule has 5 heteroatoms. The van der Waals surface area contributed by atoms with E-state index < -0.39 is 0 Å². The zero-order valence-corrected chi connectivity index (χ0v) is 13.3. The third-order valence-corrected chi connectivity index (χ3v) is 4.06. The minimum absolute atomic E-state index is 0.0103. The fraction of sp³-hybridized carbons (Fsp3) is 0.529. The summed E-state index contributed by atoms with van der Waals surface area (Å²) in [6.45, 7) is 4.14. The number of ether oxygens (including phenoxy) is 1. The minimum Gasteiger partial charge on any atom is -0.484 e. The SMILES string of the molecule is CNCC1CCN(C(=O)COc2cccc(C(C)=O)c2)CC1. The Kier molecular flexibility index (Phi) is 5.95. The van der Waals surface area contributed by atoms with Crippen LogP contribution in [0.15, 0.2) is 24.3 Å². The van der Waals surface area contributed by atoms with E-state index in [9.17, 15) is 9.59 Å². The van der Waals surface area contributed by atoms with E-state index in [1.54, 1.807) is 24.3 Å². The molecular weight excluding hydrogens is 280 g/mol. The van der Waals surface area contributed by atoms with Crippen LogP contribution < -0.4 is 10.1 Å². The summed E-state index contributed by atoms with van der Waals surface area (Å²) in [4.78, 5) is 25.4. The molecule has 1 amide bonds. The summed E-state index contributed by atoms with van der Waals surface area (Å²) < 4.78 is 5.53. The van der Waals surface area contributed by atoms with Crippen molar-refractivity contribution < 1.29 is 14.3 Å². The van der Waals surface area contributed by atoms with Crippen molar-refractivity contribution in [2.24, 2.45) is 5.92 Å². The lowest BCUT2D eigenvalue weighted by Gasteiger charge is -2.31. The van der Waals surface area contributed by atoms with Crippen LogP contribution in [0.4, 0.5) is 0 Å². The molecule has 1 aromatic carbocycles. The standard InChI is InChI=1S/C17H24N2O3/c1-13(20)15-4-3-5-16(10-15)22-12-17(21)19-8-6-14(7-9-19)11-18-2/h3-5,10,14,18H,6-9,11-12H2,1-2H3. The summed E-state index contributed by atoms with van der Waals surface area (Å²) in [6.07, 6.45) is 2.07. The maximum atomic E-state index is 12.2. The average molecular weight is 304 g/mol. The number of carbonyl (C=O) groups is 2. The molecule has 1 heterocycles. The van der Waals surface area contributed by atoms with E-state index in [1.165, 1.54) is 6.92 Å². The van der Waals surface area contributed by atoms with Crippen LogP contribution >= 0.6 is 0 Å². The molecule has 0 saturated carbocycles. The third kappa shape index (κ3) is 4.56. The molecule has 1 fully saturated rings. The number of hydrogen-bond acceptors (Lipinski definition) is 4. The molecule has 22 heavy (non-hydrogen) atoms. The van der Waals surface area contributed by atoms with Gasteiger partial charge in [0.25, 0.3) is 5.91 Å². The molecule has 120 valence electrons. The lowest BCUT2D eigenvalue weighted by molar-refractivity contribution is -0.134. The summed E-state index contributed by atoms with van der Waals surface area (Å²) in [5, 5.41) is 3.19. The first kappa shape index (κ1) is 16.5. The van der Waals surface area contributed by atoms with Gasteiger partial charge in [-0.05, 0) is 51.4 Å². The second-order valence-corrected chi connectivity index (χ2v) is 5.75. The lowest BCUT2D eigenvalue weighted by atomic mass is 9.97. The highest BCUT2D eigenvalue weighted by Crippen LogP contribution is 2.17. The van der Waals surface area contributed by atoms with Crippen LogP contribution in [0.25, 0.3) is 0 Å². The summed E-state index contributed by atoms with van der Waals surface area (Å²) in [6, 6.07) is 6.94. The van der Waals surface area contributed by atoms with Crippen LogP contribution in [0.5, 0.6) is 5.75 Å². The van der Waals surface area contributed by atoms with Crippen LogP contribution in [-0.4, -0.2) is 49.9 Å². The molecule has 0 aromatic heterocycles. The summed E-state index contributed by atoms with van der Waals surface area (Å²) in [5.74, 6) is 1.22. The Morgan fingerprint density at radius 1 is 1.32 bits per heavy atom. The van der Waals surface area contributed by atoms with Crippen molar-refractivity contribution in [2.75, 3.05) is 33.3 Å². The smallest absolute Gasteiger partial charge is 0.260 e. The predicted molar refractivity (Wildman–Crippen MR) is 85.2 cm³/mol. The Hall–Kier alpha value is -1.88. The highest BCUT2D eigenvalue weighted by atomic mass is 16.5. The van der Waals surface area contributed by atoms with Gasteiger partial charge < -0.3 is 15.0 Å². The lowest BCUT2D eigenvalue weighted by Crippen LogP contribution is -2.42. The van der Waals surface area contributed by atoms with Gasteiger partial charge in [0.2, 0.25) is 0 Å². The number of carbonyl (C=O) groups excluding carboxylic acids is 2. The largest absolute Gasteiger partial charge is 0.484 e. The molecule has 1 aliphatic rings. The van der Waals surface area contributed by atoms with E-state index >= 15 is 0 Å². The Balaban J connectivity index is 1.81. The Labute approximate surface area is 131 Å². The number of amides is 1. The molecule has 0 radical (unpaired) electrons. The average Bonchev–Trinajstić information content (AvgIpc) is 2.54. The van der Waals surface area contributed by atoms with Gasteiger partial charge in [0.05, 0.1) is 0 Å². The summed E-state index contributed by atoms with van der Waals surface area (Å²) in [7, 11) is 1.96. The number of benzene rings is 1. The van der Waals surface area contributed by atoms with Gasteiger partial charge in [-0.15, -0.1) is 0 Å². The van der Waals surface area contributed by atoms with E-state index in [4.69, 9.17) is 4.74 Å². The van der Waals surface area contributed by atoms with Crippen molar-refractivity contribution in [3.05, 3.63) is 29.8 Å². The number of piperidine rings is 1. The normalized spacial score (nSPS) is 15.6. The molecule has 0 atom stereocenters. The molecule has 0 spiro atoms. The molecule has 1 aromatic rings. The monoisotopic (exact) mass is 304 g/mol. The Morgan fingerprint density at radius 3 is 2.68 bits per heavy atom. The van der Waals surface area contributed by atoms with Gasteiger partial charge in [-0.2, -0.15) is 0 Å². The van der Waals surface area contributed by atoms with Crippen LogP contribution in [0, 0.1) is 5.92 Å². The summed E-state index contributed by atoms with van der Waals surface area (Å²) >= 11 is 0. The van der Waals surface area contributed by atoms with E-state index in [1.807, 2.05) is 11.9 Å². The number of ketones is 1. The van der Waals surface area contributed by atoms with E-state index in [2.05, 4.69) is 5.32 Å². The molecule has 0 aliphatic carbocycles. The highest BCUT2D eigenvalue weighted by Gasteiger charge is 2.22. The van der Waals surface area contributed by atoms with Gasteiger partial charge in [0.1, 0.15) is 5.75 Å². The first-order valence-corrected chi connectivity index (χ1v) is 7.76. The fourth-order valence-corrected chi connectivity index (χ4v) is 2.72. The van der Waals surface area contributed by atoms with Crippen LogP contribution in [0.1, 0.15) is 30.1 Å². The molecular formula is C17H24N2O3. The van der Waals surface area contributed by atoms with Crippen molar-refractivity contribution in [2.45, 2.75) is 19.8 Å². The van der Waals surface area contributed by atoms with Crippen LogP contribution in [0.2, 0.25) is 0 Å². The topological polar surface area (TPSA) is 58.6 Å². The van der Waals surface area contributed by atoms with Gasteiger partial charge in [-0.3, -0.25) is 9.59 Å². The molecule has 1 aliphatic heterocycles. The van der Waals surface area contributed by atoms with E-state index in [0.717, 1.165) is 32.5 Å². The van der Waals surface area contributed by atoms with Gasteiger partial charge in [-0.25, -0.2) is 0 Å². The summed E-state index contributed by atoms with van der Waals surface area (Å²) in [5.41, 5.74) is 0.595. The molecule has 0 unspecified atom stereocenters. The van der Waals surface area contributed by atoms with Gasteiger partial charge >= 0.3 is 0 Å². The fourth-order valence-electron chi connectivity index (χ4n) is 2.72. The number of nitrogens with one attached hydrogen (secondary N) is 1. The van der Waals surface area contributed by atoms with Gasteiger partial charge in [0.15, 0.2) is 12.4 Å². The van der Waals surface area contributed by atoms with Crippen molar-refractivity contribution in [1.29, 1.82) is 0 Å². The molecule has 1 N–H and O–H groups in total. The van der Waals surface area contributed by atoms with Crippen molar-refractivity contribution in [1.82, 2.24) is 10.2 Å². The van der Waals surface area contributed by atoms with Gasteiger partial charge in [-0.1, -0.05) is 12.1 Å². The highest BCUT2D eigenvalue weighted by molar-refractivity contribution is 5.94. The zero-order chi connectivity index (χ0) is 15.9. The first-order chi connectivity index (χ1) is 10.6. The van der Waals surface area contributed by atoms with Crippen molar-refractivity contribution >= 4 is 11.7 Å². The number of hydrogen-bond donors (Lipinski definition) is 1. The molecule has 5 nitrogen and oxygen atoms in total. The number of Topliss-reactive ketones (excluding diaryl/α,β-unsaturated/α-hetero) is 1. The quantitative estimate of drug-likeness (QED) is 0.813. The molecule has 1 saturated heterocycles. The van der Waals surface area contributed by atoms with E-state index in [-0.39, 0.29) is 18.3 Å². The van der Waals surface area contributed by atoms with E-state index in [0.29, 0.717) is 17.2 Å². The number of likely N-dealkylation sites (tertiary alicyclic amines) is 1. The Morgan fingerprint density at radius 2 is 2.05 bits per heavy atom. The second kappa shape index (κ2) is 7.94. The zero-order valence-electron chi connectivity index (χ0n) is 13.3. The van der Waals surface area contributed by atoms with Crippen molar-refractivity contribution in [3.63, 3.8) is 0 Å². The molecule has 2 rings (SSSR count). The van der Waals surface area contributed by atoms with Crippen LogP contribution in [0.3, 0.4) is 0 Å². The van der Waals surface area contributed by atoms with Gasteiger partial charge in [0, 0.05) is 18.7 Å². The maximum absolute atomic E-state index is 12.2. The second-order valence-electron chi connectivity index (χ2n) is 5.75. The van der Waals surface area contributed by atoms with Crippen LogP contribution in [-0.2, 0) is 4.79 Å². The predicted octanol–water partition coefficient (Wildman–Crippen LogP) is 1.73.